The predicted octanol–water partition coefficient (Wildman–Crippen LogP) is 3.91. The Kier molecular flexibility index (Phi) is 5.98. The lowest BCUT2D eigenvalue weighted by Gasteiger charge is -2.31. The van der Waals surface area contributed by atoms with Crippen molar-refractivity contribution in [1.29, 1.82) is 0 Å². The van der Waals surface area contributed by atoms with E-state index in [9.17, 15) is 18.0 Å². The Morgan fingerprint density at radius 3 is 2.58 bits per heavy atom. The van der Waals surface area contributed by atoms with E-state index in [0.29, 0.717) is 18.5 Å². The number of amides is 1. The third-order valence-corrected chi connectivity index (χ3v) is 4.48. The molecule has 0 radical (unpaired) electrons. The molecule has 0 saturated heterocycles. The molecule has 0 atom stereocenters. The number of rotatable bonds is 3. The van der Waals surface area contributed by atoms with E-state index in [1.165, 1.54) is 29.2 Å². The molecular weight excluding hydrogens is 369 g/mol. The normalized spacial score (nSPS) is 16.6. The first-order valence-corrected chi connectivity index (χ1v) is 8.11. The molecular formula is C17H20ClF3N4O. The van der Waals surface area contributed by atoms with Gasteiger partial charge in [-0.15, -0.1) is 12.4 Å². The minimum atomic E-state index is -4.42. The summed E-state index contributed by atoms with van der Waals surface area (Å²) in [5.41, 5.74) is 5.18. The maximum Gasteiger partial charge on any atom is 0.416 e. The third kappa shape index (κ3) is 4.37. The van der Waals surface area contributed by atoms with Gasteiger partial charge in [-0.3, -0.25) is 4.79 Å². The van der Waals surface area contributed by atoms with Gasteiger partial charge in [0.15, 0.2) is 0 Å². The van der Waals surface area contributed by atoms with Gasteiger partial charge in [-0.1, -0.05) is 25.3 Å². The average molecular weight is 389 g/mol. The Hall–Kier alpha value is -2.06. The maximum atomic E-state index is 12.8. The SMILES string of the molecule is Cl.NC1(C(=O)Nc2cnn(-c3cccc(C(F)(F)F)c3)c2)CCCCC1. The Bertz CT molecular complexity index is 769. The van der Waals surface area contributed by atoms with E-state index in [1.54, 1.807) is 0 Å². The summed E-state index contributed by atoms with van der Waals surface area (Å²) < 4.78 is 39.7. The fourth-order valence-electron chi connectivity index (χ4n) is 3.02. The summed E-state index contributed by atoms with van der Waals surface area (Å²) in [6.07, 6.45) is 2.58. The van der Waals surface area contributed by atoms with Crippen LogP contribution in [0.1, 0.15) is 37.7 Å². The van der Waals surface area contributed by atoms with Crippen molar-refractivity contribution >= 4 is 24.0 Å². The molecule has 1 aliphatic rings. The van der Waals surface area contributed by atoms with Crippen molar-refractivity contribution in [1.82, 2.24) is 9.78 Å². The number of halogens is 4. The van der Waals surface area contributed by atoms with Gasteiger partial charge in [-0.05, 0) is 31.0 Å². The molecule has 9 heteroatoms. The zero-order valence-electron chi connectivity index (χ0n) is 13.9. The number of carbonyl (C=O) groups is 1. The van der Waals surface area contributed by atoms with Crippen LogP contribution in [-0.2, 0) is 11.0 Å². The molecule has 3 rings (SSSR count). The van der Waals surface area contributed by atoms with Crippen LogP contribution in [0, 0.1) is 0 Å². The Labute approximate surface area is 155 Å². The number of alkyl halides is 3. The highest BCUT2D eigenvalue weighted by Crippen LogP contribution is 2.30. The molecule has 2 aromatic rings. The van der Waals surface area contributed by atoms with Crippen molar-refractivity contribution in [3.05, 3.63) is 42.2 Å². The van der Waals surface area contributed by atoms with E-state index in [2.05, 4.69) is 10.4 Å². The van der Waals surface area contributed by atoms with E-state index in [1.807, 2.05) is 0 Å². The maximum absolute atomic E-state index is 12.8. The van der Waals surface area contributed by atoms with E-state index < -0.39 is 17.3 Å². The Morgan fingerprint density at radius 1 is 1.23 bits per heavy atom. The average Bonchev–Trinajstić information content (AvgIpc) is 3.03. The van der Waals surface area contributed by atoms with Crippen LogP contribution in [-0.4, -0.2) is 21.2 Å². The number of carbonyl (C=O) groups excluding carboxylic acids is 1. The summed E-state index contributed by atoms with van der Waals surface area (Å²) in [5, 5.41) is 6.74. The van der Waals surface area contributed by atoms with E-state index in [-0.39, 0.29) is 24.0 Å². The van der Waals surface area contributed by atoms with Crippen LogP contribution < -0.4 is 11.1 Å². The highest BCUT2D eigenvalue weighted by Gasteiger charge is 2.35. The van der Waals surface area contributed by atoms with Gasteiger partial charge >= 0.3 is 6.18 Å². The van der Waals surface area contributed by atoms with Crippen LogP contribution in [0.4, 0.5) is 18.9 Å². The molecule has 0 unspecified atom stereocenters. The van der Waals surface area contributed by atoms with Gasteiger partial charge in [0.05, 0.1) is 34.9 Å². The fraction of sp³-hybridized carbons (Fsp3) is 0.412. The monoisotopic (exact) mass is 388 g/mol. The zero-order valence-corrected chi connectivity index (χ0v) is 14.7. The molecule has 1 fully saturated rings. The molecule has 26 heavy (non-hydrogen) atoms. The van der Waals surface area contributed by atoms with Crippen LogP contribution in [0.5, 0.6) is 0 Å². The predicted molar refractivity (Wildman–Crippen MR) is 94.4 cm³/mol. The standard InChI is InChI=1S/C17H19F3N4O.ClH/c18-17(19,20)12-5-4-6-14(9-12)24-11-13(10-22-24)23-15(25)16(21)7-2-1-3-8-16;/h4-6,9-11H,1-3,7-8,21H2,(H,23,25);1H. The number of nitrogens with one attached hydrogen (secondary N) is 1. The molecule has 3 N–H and O–H groups in total. The summed E-state index contributed by atoms with van der Waals surface area (Å²) in [6.45, 7) is 0. The lowest BCUT2D eigenvalue weighted by atomic mass is 9.82. The number of nitrogens with two attached hydrogens (primary N) is 1. The molecule has 1 aromatic carbocycles. The lowest BCUT2D eigenvalue weighted by Crippen LogP contribution is -2.52. The van der Waals surface area contributed by atoms with Crippen LogP contribution in [0.25, 0.3) is 5.69 Å². The molecule has 5 nitrogen and oxygen atoms in total. The van der Waals surface area contributed by atoms with Crippen molar-refractivity contribution in [2.75, 3.05) is 5.32 Å². The van der Waals surface area contributed by atoms with Gasteiger partial charge in [-0.25, -0.2) is 4.68 Å². The van der Waals surface area contributed by atoms with Gasteiger partial charge in [-0.2, -0.15) is 18.3 Å². The summed E-state index contributed by atoms with van der Waals surface area (Å²) >= 11 is 0. The molecule has 0 spiro atoms. The molecule has 1 saturated carbocycles. The van der Waals surface area contributed by atoms with E-state index >= 15 is 0 Å². The van der Waals surface area contributed by atoms with Crippen molar-refractivity contribution in [3.63, 3.8) is 0 Å². The first kappa shape index (κ1) is 20.3. The molecule has 1 aromatic heterocycles. The second kappa shape index (κ2) is 7.67. The molecule has 1 heterocycles. The van der Waals surface area contributed by atoms with Crippen LogP contribution >= 0.6 is 12.4 Å². The van der Waals surface area contributed by atoms with Crippen molar-refractivity contribution < 1.29 is 18.0 Å². The number of aromatic nitrogens is 2. The zero-order chi connectivity index (χ0) is 18.1. The quantitative estimate of drug-likeness (QED) is 0.837. The smallest absolute Gasteiger partial charge is 0.322 e. The molecule has 0 bridgehead atoms. The van der Waals surface area contributed by atoms with Crippen molar-refractivity contribution in [2.45, 2.75) is 43.8 Å². The number of benzene rings is 1. The topological polar surface area (TPSA) is 72.9 Å². The molecule has 0 aliphatic heterocycles. The van der Waals surface area contributed by atoms with Crippen molar-refractivity contribution in [3.8, 4) is 5.69 Å². The Balaban J connectivity index is 0.00000243. The van der Waals surface area contributed by atoms with Crippen LogP contribution in [0.15, 0.2) is 36.7 Å². The third-order valence-electron chi connectivity index (χ3n) is 4.48. The van der Waals surface area contributed by atoms with Gasteiger partial charge in [0, 0.05) is 0 Å². The van der Waals surface area contributed by atoms with E-state index in [4.69, 9.17) is 5.73 Å². The first-order chi connectivity index (χ1) is 11.8. The minimum absolute atomic E-state index is 0. The first-order valence-electron chi connectivity index (χ1n) is 8.11. The van der Waals surface area contributed by atoms with E-state index in [0.717, 1.165) is 31.4 Å². The molecule has 1 aliphatic carbocycles. The number of hydrogen-bond acceptors (Lipinski definition) is 3. The van der Waals surface area contributed by atoms with Gasteiger partial charge in [0.2, 0.25) is 5.91 Å². The summed E-state index contributed by atoms with van der Waals surface area (Å²) in [6, 6.07) is 4.83. The summed E-state index contributed by atoms with van der Waals surface area (Å²) in [7, 11) is 0. The van der Waals surface area contributed by atoms with Crippen LogP contribution in [0.3, 0.4) is 0 Å². The number of hydrogen-bond donors (Lipinski definition) is 2. The second-order valence-electron chi connectivity index (χ2n) is 6.39. The Morgan fingerprint density at radius 2 is 1.92 bits per heavy atom. The van der Waals surface area contributed by atoms with Gasteiger partial charge in [0.1, 0.15) is 0 Å². The lowest BCUT2D eigenvalue weighted by molar-refractivity contribution is -0.137. The highest BCUT2D eigenvalue weighted by molar-refractivity contribution is 5.97. The summed E-state index contributed by atoms with van der Waals surface area (Å²) in [5.74, 6) is -0.282. The molecule has 1 amide bonds. The number of nitrogens with zero attached hydrogens (tertiary/aromatic N) is 2. The fourth-order valence-corrected chi connectivity index (χ4v) is 3.02. The highest BCUT2D eigenvalue weighted by atomic mass is 35.5. The van der Waals surface area contributed by atoms with Crippen molar-refractivity contribution in [2.24, 2.45) is 5.73 Å². The summed E-state index contributed by atoms with van der Waals surface area (Å²) in [4.78, 5) is 12.4. The van der Waals surface area contributed by atoms with Gasteiger partial charge in [0.25, 0.3) is 0 Å². The largest absolute Gasteiger partial charge is 0.416 e. The van der Waals surface area contributed by atoms with Crippen LogP contribution in [0.2, 0.25) is 0 Å². The second-order valence-corrected chi connectivity index (χ2v) is 6.39. The van der Waals surface area contributed by atoms with Gasteiger partial charge < -0.3 is 11.1 Å². The molecule has 142 valence electrons. The minimum Gasteiger partial charge on any atom is -0.322 e. The number of anilines is 1.